The third kappa shape index (κ3) is 3.29. The molecule has 5 nitrogen and oxygen atoms in total. The van der Waals surface area contributed by atoms with E-state index in [1.165, 1.54) is 0 Å². The van der Waals surface area contributed by atoms with Crippen LogP contribution in [0.3, 0.4) is 0 Å². The van der Waals surface area contributed by atoms with Gasteiger partial charge in [0.2, 0.25) is 5.91 Å². The van der Waals surface area contributed by atoms with Crippen LogP contribution in [-0.2, 0) is 11.2 Å². The minimum atomic E-state index is -0.682. The van der Waals surface area contributed by atoms with Crippen LogP contribution >= 0.6 is 0 Å². The number of hydrogen-bond donors (Lipinski definition) is 3. The molecule has 20 heavy (non-hydrogen) atoms. The van der Waals surface area contributed by atoms with Gasteiger partial charge in [0.05, 0.1) is 6.42 Å². The first-order valence-electron chi connectivity index (χ1n) is 6.99. The summed E-state index contributed by atoms with van der Waals surface area (Å²) in [5.74, 6) is 0.0170. The molecule has 1 aromatic rings. The molecular formula is C15H21N3O2. The molecule has 0 saturated heterocycles. The summed E-state index contributed by atoms with van der Waals surface area (Å²) in [5.41, 5.74) is 6.08. The predicted octanol–water partition coefficient (Wildman–Crippen LogP) is 1.79. The fraction of sp³-hybridized carbons (Fsp3) is 0.467. The van der Waals surface area contributed by atoms with E-state index >= 15 is 0 Å². The van der Waals surface area contributed by atoms with E-state index in [0.29, 0.717) is 6.42 Å². The smallest absolute Gasteiger partial charge is 0.225 e. The van der Waals surface area contributed by atoms with Crippen molar-refractivity contribution in [3.63, 3.8) is 0 Å². The van der Waals surface area contributed by atoms with E-state index < -0.39 is 5.54 Å². The molecule has 0 spiro atoms. The molecule has 1 aliphatic rings. The fourth-order valence-electron chi connectivity index (χ4n) is 2.79. The van der Waals surface area contributed by atoms with Crippen molar-refractivity contribution in [2.75, 3.05) is 0 Å². The van der Waals surface area contributed by atoms with Gasteiger partial charge in [-0.05, 0) is 18.4 Å². The van der Waals surface area contributed by atoms with Crippen molar-refractivity contribution in [2.45, 2.75) is 44.1 Å². The lowest BCUT2D eigenvalue weighted by molar-refractivity contribution is -0.122. The molecule has 1 amide bonds. The maximum absolute atomic E-state index is 12.2. The zero-order valence-electron chi connectivity index (χ0n) is 11.5. The standard InChI is InChI=1S/C15H21N3O2/c16-14(18-20)15(9-5-2-6-10-15)17-13(19)11-12-7-3-1-4-8-12/h1,3-4,7-8,20H,2,5-6,9-11H2,(H2,16,18)(H,17,19). The van der Waals surface area contributed by atoms with Gasteiger partial charge in [-0.3, -0.25) is 4.79 Å². The molecule has 5 heteroatoms. The Hall–Kier alpha value is -2.04. The van der Waals surface area contributed by atoms with Crippen LogP contribution in [0.25, 0.3) is 0 Å². The number of nitrogens with one attached hydrogen (secondary N) is 1. The molecule has 0 radical (unpaired) electrons. The highest BCUT2D eigenvalue weighted by molar-refractivity contribution is 5.94. The zero-order valence-corrected chi connectivity index (χ0v) is 11.5. The van der Waals surface area contributed by atoms with Crippen molar-refractivity contribution in [3.05, 3.63) is 35.9 Å². The van der Waals surface area contributed by atoms with E-state index in [2.05, 4.69) is 10.5 Å². The molecular weight excluding hydrogens is 254 g/mol. The van der Waals surface area contributed by atoms with E-state index in [-0.39, 0.29) is 11.7 Å². The van der Waals surface area contributed by atoms with Gasteiger partial charge in [0.15, 0.2) is 5.84 Å². The van der Waals surface area contributed by atoms with Gasteiger partial charge in [-0.1, -0.05) is 54.8 Å². The number of nitrogens with two attached hydrogens (primary N) is 1. The van der Waals surface area contributed by atoms with Gasteiger partial charge in [-0.15, -0.1) is 0 Å². The lowest BCUT2D eigenvalue weighted by atomic mass is 9.80. The van der Waals surface area contributed by atoms with Crippen LogP contribution in [-0.4, -0.2) is 22.5 Å². The van der Waals surface area contributed by atoms with Crippen LogP contribution in [0.4, 0.5) is 0 Å². The third-order valence-electron chi connectivity index (χ3n) is 3.89. The Labute approximate surface area is 118 Å². The van der Waals surface area contributed by atoms with Crippen molar-refractivity contribution >= 4 is 11.7 Å². The molecule has 0 aliphatic heterocycles. The van der Waals surface area contributed by atoms with Crippen molar-refractivity contribution in [3.8, 4) is 0 Å². The van der Waals surface area contributed by atoms with Gasteiger partial charge < -0.3 is 16.3 Å². The maximum Gasteiger partial charge on any atom is 0.225 e. The number of amides is 1. The van der Waals surface area contributed by atoms with Crippen LogP contribution in [0.5, 0.6) is 0 Å². The number of carbonyl (C=O) groups excluding carboxylic acids is 1. The Balaban J connectivity index is 2.06. The molecule has 1 saturated carbocycles. The van der Waals surface area contributed by atoms with Crippen LogP contribution in [0, 0.1) is 0 Å². The zero-order chi connectivity index (χ0) is 14.4. The normalized spacial score (nSPS) is 18.5. The number of carbonyl (C=O) groups is 1. The van der Waals surface area contributed by atoms with E-state index in [1.807, 2.05) is 30.3 Å². The minimum Gasteiger partial charge on any atom is -0.409 e. The summed E-state index contributed by atoms with van der Waals surface area (Å²) < 4.78 is 0. The number of benzene rings is 1. The monoisotopic (exact) mass is 275 g/mol. The van der Waals surface area contributed by atoms with Gasteiger partial charge in [0, 0.05) is 0 Å². The molecule has 1 aromatic carbocycles. The van der Waals surface area contributed by atoms with E-state index in [9.17, 15) is 4.79 Å². The van der Waals surface area contributed by atoms with Crippen LogP contribution < -0.4 is 11.1 Å². The Bertz CT molecular complexity index is 479. The van der Waals surface area contributed by atoms with E-state index in [1.54, 1.807) is 0 Å². The molecule has 0 atom stereocenters. The van der Waals surface area contributed by atoms with Crippen LogP contribution in [0.2, 0.25) is 0 Å². The summed E-state index contributed by atoms with van der Waals surface area (Å²) in [6.07, 6.45) is 4.83. The number of nitrogens with zero attached hydrogens (tertiary/aromatic N) is 1. The summed E-state index contributed by atoms with van der Waals surface area (Å²) in [5, 5.41) is 15.1. The quantitative estimate of drug-likeness (QED) is 0.339. The number of rotatable bonds is 4. The highest BCUT2D eigenvalue weighted by atomic mass is 16.4. The Kier molecular flexibility index (Phi) is 4.61. The first kappa shape index (κ1) is 14.4. The predicted molar refractivity (Wildman–Crippen MR) is 77.5 cm³/mol. The van der Waals surface area contributed by atoms with Crippen molar-refractivity contribution in [1.82, 2.24) is 5.32 Å². The van der Waals surface area contributed by atoms with Crippen molar-refractivity contribution < 1.29 is 10.0 Å². The SMILES string of the molecule is N/C(=N/O)C1(NC(=O)Cc2ccccc2)CCCCC1. The topological polar surface area (TPSA) is 87.7 Å². The van der Waals surface area contributed by atoms with E-state index in [0.717, 1.165) is 37.7 Å². The van der Waals surface area contributed by atoms with Crippen molar-refractivity contribution in [1.29, 1.82) is 0 Å². The molecule has 108 valence electrons. The first-order chi connectivity index (χ1) is 9.66. The van der Waals surface area contributed by atoms with Gasteiger partial charge >= 0.3 is 0 Å². The van der Waals surface area contributed by atoms with Crippen LogP contribution in [0.15, 0.2) is 35.5 Å². The van der Waals surface area contributed by atoms with Gasteiger partial charge in [-0.25, -0.2) is 0 Å². The molecule has 1 fully saturated rings. The molecule has 0 heterocycles. The molecule has 1 aliphatic carbocycles. The molecule has 2 rings (SSSR count). The summed E-state index contributed by atoms with van der Waals surface area (Å²) in [4.78, 5) is 12.2. The lowest BCUT2D eigenvalue weighted by Crippen LogP contribution is -2.58. The average molecular weight is 275 g/mol. The second-order valence-electron chi connectivity index (χ2n) is 5.34. The molecule has 0 aromatic heterocycles. The Morgan fingerprint density at radius 3 is 2.50 bits per heavy atom. The highest BCUT2D eigenvalue weighted by Gasteiger charge is 2.37. The molecule has 4 N–H and O–H groups in total. The largest absolute Gasteiger partial charge is 0.409 e. The summed E-state index contributed by atoms with van der Waals surface area (Å²) in [6.45, 7) is 0. The number of amidine groups is 1. The summed E-state index contributed by atoms with van der Waals surface area (Å²) in [7, 11) is 0. The molecule has 0 bridgehead atoms. The summed E-state index contributed by atoms with van der Waals surface area (Å²) >= 11 is 0. The van der Waals surface area contributed by atoms with Crippen molar-refractivity contribution in [2.24, 2.45) is 10.9 Å². The second kappa shape index (κ2) is 6.41. The van der Waals surface area contributed by atoms with Gasteiger partial charge in [0.25, 0.3) is 0 Å². The van der Waals surface area contributed by atoms with E-state index in [4.69, 9.17) is 10.9 Å². The van der Waals surface area contributed by atoms with Crippen LogP contribution in [0.1, 0.15) is 37.7 Å². The fourth-order valence-corrected chi connectivity index (χ4v) is 2.79. The maximum atomic E-state index is 12.2. The Morgan fingerprint density at radius 2 is 1.90 bits per heavy atom. The second-order valence-corrected chi connectivity index (χ2v) is 5.34. The van der Waals surface area contributed by atoms with Gasteiger partial charge in [0.1, 0.15) is 5.54 Å². The molecule has 0 unspecified atom stereocenters. The van der Waals surface area contributed by atoms with Gasteiger partial charge in [-0.2, -0.15) is 0 Å². The number of hydrogen-bond acceptors (Lipinski definition) is 3. The Morgan fingerprint density at radius 1 is 1.25 bits per heavy atom. The average Bonchev–Trinajstić information content (AvgIpc) is 2.48. The highest BCUT2D eigenvalue weighted by Crippen LogP contribution is 2.28. The first-order valence-corrected chi connectivity index (χ1v) is 6.99. The number of oxime groups is 1. The minimum absolute atomic E-state index is 0.0929. The third-order valence-corrected chi connectivity index (χ3v) is 3.89. The summed E-state index contributed by atoms with van der Waals surface area (Å²) in [6, 6.07) is 9.55. The lowest BCUT2D eigenvalue weighted by Gasteiger charge is -2.36.